The van der Waals surface area contributed by atoms with E-state index in [1.54, 1.807) is 6.07 Å². The van der Waals surface area contributed by atoms with Gasteiger partial charge in [-0.15, -0.1) is 0 Å². The maximum absolute atomic E-state index is 6.44. The van der Waals surface area contributed by atoms with Gasteiger partial charge in [0, 0.05) is 34.1 Å². The third-order valence-electron chi connectivity index (χ3n) is 5.47. The molecule has 3 nitrogen and oxygen atoms in total. The molecule has 0 amide bonds. The minimum atomic E-state index is 0.528. The summed E-state index contributed by atoms with van der Waals surface area (Å²) < 4.78 is 6.02. The van der Waals surface area contributed by atoms with E-state index in [0.717, 1.165) is 43.1 Å². The monoisotopic (exact) mass is 360 g/mol. The largest absolute Gasteiger partial charge is 0.490 e. The molecule has 24 heavy (non-hydrogen) atoms. The van der Waals surface area contributed by atoms with Crippen LogP contribution >= 0.6 is 23.2 Å². The second-order valence-electron chi connectivity index (χ2n) is 6.74. The Kier molecular flexibility index (Phi) is 3.44. The zero-order valence-electron chi connectivity index (χ0n) is 13.2. The van der Waals surface area contributed by atoms with Gasteiger partial charge in [0.05, 0.1) is 12.2 Å². The first-order valence-corrected chi connectivity index (χ1v) is 9.21. The summed E-state index contributed by atoms with van der Waals surface area (Å²) in [7, 11) is 0. The third-order valence-corrected chi connectivity index (χ3v) is 6.02. The molecule has 0 aromatic heterocycles. The number of halogens is 2. The fraction of sp³-hybridized carbons (Fsp3) is 0.368. The third kappa shape index (κ3) is 2.15. The Morgan fingerprint density at radius 3 is 2.96 bits per heavy atom. The molecule has 1 N–H and O–H groups in total. The molecule has 1 fully saturated rings. The number of benzene rings is 2. The Morgan fingerprint density at radius 1 is 1.17 bits per heavy atom. The first-order chi connectivity index (χ1) is 11.7. The quantitative estimate of drug-likeness (QED) is 0.819. The molecule has 2 aromatic rings. The molecule has 124 valence electrons. The molecule has 5 heteroatoms. The summed E-state index contributed by atoms with van der Waals surface area (Å²) in [6.45, 7) is 3.87. The second-order valence-corrected chi connectivity index (χ2v) is 7.59. The predicted molar refractivity (Wildman–Crippen MR) is 98.8 cm³/mol. The summed E-state index contributed by atoms with van der Waals surface area (Å²) in [6.07, 6.45) is 1.19. The summed E-state index contributed by atoms with van der Waals surface area (Å²) in [5, 5.41) is 4.89. The van der Waals surface area contributed by atoms with Crippen molar-refractivity contribution >= 4 is 28.9 Å². The fourth-order valence-corrected chi connectivity index (χ4v) is 4.96. The predicted octanol–water partition coefficient (Wildman–Crippen LogP) is 4.32. The van der Waals surface area contributed by atoms with E-state index < -0.39 is 0 Å². The lowest BCUT2D eigenvalue weighted by molar-refractivity contribution is 0.295. The van der Waals surface area contributed by atoms with Gasteiger partial charge in [-0.3, -0.25) is 0 Å². The molecule has 3 aliphatic rings. The summed E-state index contributed by atoms with van der Waals surface area (Å²) in [6, 6.07) is 10.7. The number of hydrogen-bond donors (Lipinski definition) is 1. The number of rotatable bonds is 1. The van der Waals surface area contributed by atoms with Crippen molar-refractivity contribution in [3.05, 3.63) is 45.9 Å². The standard InChI is InChI=1S/C19H18Cl2N2O/c20-12-1-2-13(16(21)9-12)11-7-14-15-10-22-4-3-17(15)23-5-6-24-18(8-11)19(14)23/h1-2,7-9,15,17,22H,3-6,10H2. The number of fused-ring (bicyclic) bond motifs is 3. The molecule has 2 atom stereocenters. The molecule has 3 aliphatic heterocycles. The van der Waals surface area contributed by atoms with Gasteiger partial charge in [0.2, 0.25) is 0 Å². The average Bonchev–Trinajstić information content (AvgIpc) is 2.91. The zero-order chi connectivity index (χ0) is 16.3. The molecule has 0 bridgehead atoms. The second kappa shape index (κ2) is 5.55. The van der Waals surface area contributed by atoms with Crippen LogP contribution in [0.2, 0.25) is 10.0 Å². The summed E-state index contributed by atoms with van der Waals surface area (Å²) in [5.41, 5.74) is 4.81. The van der Waals surface area contributed by atoms with Crippen molar-refractivity contribution in [3.8, 4) is 16.9 Å². The van der Waals surface area contributed by atoms with Crippen molar-refractivity contribution < 1.29 is 4.74 Å². The van der Waals surface area contributed by atoms with Gasteiger partial charge >= 0.3 is 0 Å². The van der Waals surface area contributed by atoms with Crippen LogP contribution < -0.4 is 15.0 Å². The maximum atomic E-state index is 6.44. The summed E-state index contributed by atoms with van der Waals surface area (Å²) >= 11 is 12.5. The fourth-order valence-electron chi connectivity index (χ4n) is 4.44. The highest BCUT2D eigenvalue weighted by Gasteiger charge is 2.43. The van der Waals surface area contributed by atoms with E-state index in [1.165, 1.54) is 17.7 Å². The van der Waals surface area contributed by atoms with Crippen molar-refractivity contribution in [2.45, 2.75) is 18.4 Å². The van der Waals surface area contributed by atoms with Crippen LogP contribution in [0.1, 0.15) is 17.9 Å². The van der Waals surface area contributed by atoms with E-state index in [-0.39, 0.29) is 0 Å². The number of hydrogen-bond acceptors (Lipinski definition) is 3. The number of anilines is 1. The van der Waals surface area contributed by atoms with E-state index in [1.807, 2.05) is 12.1 Å². The van der Waals surface area contributed by atoms with Gasteiger partial charge in [0.1, 0.15) is 12.4 Å². The van der Waals surface area contributed by atoms with Crippen LogP contribution in [-0.4, -0.2) is 32.3 Å². The van der Waals surface area contributed by atoms with Gasteiger partial charge < -0.3 is 15.0 Å². The molecule has 0 saturated carbocycles. The van der Waals surface area contributed by atoms with Gasteiger partial charge in [-0.25, -0.2) is 0 Å². The number of piperidine rings is 1. The summed E-state index contributed by atoms with van der Waals surface area (Å²) in [4.78, 5) is 2.56. The van der Waals surface area contributed by atoms with Crippen LogP contribution in [0.5, 0.6) is 5.75 Å². The lowest BCUT2D eigenvalue weighted by Crippen LogP contribution is -2.46. The normalized spacial score (nSPS) is 24.3. The Balaban J connectivity index is 1.68. The van der Waals surface area contributed by atoms with E-state index >= 15 is 0 Å². The molecule has 2 aromatic carbocycles. The van der Waals surface area contributed by atoms with E-state index in [0.29, 0.717) is 22.0 Å². The van der Waals surface area contributed by atoms with Crippen molar-refractivity contribution in [3.63, 3.8) is 0 Å². The Hall–Kier alpha value is -1.42. The first kappa shape index (κ1) is 14.9. The van der Waals surface area contributed by atoms with Gasteiger partial charge in [-0.2, -0.15) is 0 Å². The van der Waals surface area contributed by atoms with Crippen molar-refractivity contribution in [1.82, 2.24) is 5.32 Å². The topological polar surface area (TPSA) is 24.5 Å². The highest BCUT2D eigenvalue weighted by atomic mass is 35.5. The highest BCUT2D eigenvalue weighted by molar-refractivity contribution is 6.36. The molecule has 0 aliphatic carbocycles. The number of ether oxygens (including phenoxy) is 1. The molecule has 3 heterocycles. The van der Waals surface area contributed by atoms with Gasteiger partial charge in [0.15, 0.2) is 0 Å². The van der Waals surface area contributed by atoms with Gasteiger partial charge in [-0.1, -0.05) is 29.3 Å². The van der Waals surface area contributed by atoms with E-state index in [9.17, 15) is 0 Å². The number of nitrogens with zero attached hydrogens (tertiary/aromatic N) is 1. The van der Waals surface area contributed by atoms with Crippen LogP contribution in [-0.2, 0) is 0 Å². The molecule has 0 radical (unpaired) electrons. The van der Waals surface area contributed by atoms with Crippen LogP contribution in [0, 0.1) is 0 Å². The van der Waals surface area contributed by atoms with Crippen molar-refractivity contribution in [1.29, 1.82) is 0 Å². The minimum Gasteiger partial charge on any atom is -0.490 e. The smallest absolute Gasteiger partial charge is 0.143 e. The first-order valence-electron chi connectivity index (χ1n) is 8.46. The molecule has 2 unspecified atom stereocenters. The van der Waals surface area contributed by atoms with Crippen LogP contribution in [0.25, 0.3) is 11.1 Å². The zero-order valence-corrected chi connectivity index (χ0v) is 14.7. The Morgan fingerprint density at radius 2 is 2.08 bits per heavy atom. The Labute approximate surface area is 151 Å². The molecular formula is C19H18Cl2N2O. The van der Waals surface area contributed by atoms with Crippen LogP contribution in [0.4, 0.5) is 5.69 Å². The highest BCUT2D eigenvalue weighted by Crippen LogP contribution is 2.51. The van der Waals surface area contributed by atoms with Crippen molar-refractivity contribution in [2.24, 2.45) is 0 Å². The lowest BCUT2D eigenvalue weighted by Gasteiger charge is -2.36. The Bertz CT molecular complexity index is 823. The minimum absolute atomic E-state index is 0.528. The molecule has 1 saturated heterocycles. The average molecular weight is 361 g/mol. The molecule has 5 rings (SSSR count). The summed E-state index contributed by atoms with van der Waals surface area (Å²) in [5.74, 6) is 1.52. The maximum Gasteiger partial charge on any atom is 0.143 e. The molecular weight excluding hydrogens is 343 g/mol. The van der Waals surface area contributed by atoms with Crippen LogP contribution in [0.3, 0.4) is 0 Å². The van der Waals surface area contributed by atoms with Crippen molar-refractivity contribution in [2.75, 3.05) is 31.1 Å². The SMILES string of the molecule is Clc1ccc(-c2cc3c4c(c2)C2CNCCC2N4CCO3)c(Cl)c1. The van der Waals surface area contributed by atoms with Gasteiger partial charge in [0.25, 0.3) is 0 Å². The van der Waals surface area contributed by atoms with Crippen LogP contribution in [0.15, 0.2) is 30.3 Å². The van der Waals surface area contributed by atoms with Gasteiger partial charge in [-0.05, 0) is 48.4 Å². The molecule has 0 spiro atoms. The lowest BCUT2D eigenvalue weighted by atomic mass is 9.88. The van der Waals surface area contributed by atoms with E-state index in [2.05, 4.69) is 22.3 Å². The van der Waals surface area contributed by atoms with E-state index in [4.69, 9.17) is 27.9 Å². The number of nitrogens with one attached hydrogen (secondary N) is 1.